The van der Waals surface area contributed by atoms with Gasteiger partial charge in [-0.25, -0.2) is 4.68 Å². The number of piperazine rings is 1. The Morgan fingerprint density at radius 3 is 2.44 bits per heavy atom. The van der Waals surface area contributed by atoms with Gasteiger partial charge in [0.2, 0.25) is 0 Å². The zero-order valence-electron chi connectivity index (χ0n) is 18.7. The molecular formula is C27H25ClN4OS. The minimum Gasteiger partial charge on any atom is -0.335 e. The van der Waals surface area contributed by atoms with E-state index >= 15 is 0 Å². The molecule has 2 aromatic carbocycles. The summed E-state index contributed by atoms with van der Waals surface area (Å²) in [6, 6.07) is 23.6. The number of aromatic nitrogens is 2. The maximum Gasteiger partial charge on any atom is 0.272 e. The molecule has 0 unspecified atom stereocenters. The molecule has 1 aliphatic rings. The number of thiophene rings is 1. The summed E-state index contributed by atoms with van der Waals surface area (Å²) in [6.45, 7) is 3.95. The number of halogens is 1. The third kappa shape index (κ3) is 5.14. The number of nitrogens with zero attached hydrogens (tertiary/aromatic N) is 4. The molecule has 34 heavy (non-hydrogen) atoms. The Labute approximate surface area is 208 Å². The third-order valence-corrected chi connectivity index (χ3v) is 7.05. The topological polar surface area (TPSA) is 41.4 Å². The van der Waals surface area contributed by atoms with Gasteiger partial charge >= 0.3 is 0 Å². The van der Waals surface area contributed by atoms with Gasteiger partial charge in [0.25, 0.3) is 5.91 Å². The summed E-state index contributed by atoms with van der Waals surface area (Å²) in [5, 5.41) is 7.44. The van der Waals surface area contributed by atoms with E-state index in [1.54, 1.807) is 16.0 Å². The Kier molecular flexibility index (Phi) is 6.90. The van der Waals surface area contributed by atoms with Crippen molar-refractivity contribution in [2.45, 2.75) is 0 Å². The number of carbonyl (C=O) groups is 1. The fourth-order valence-electron chi connectivity index (χ4n) is 4.05. The van der Waals surface area contributed by atoms with Gasteiger partial charge < -0.3 is 4.90 Å². The number of benzene rings is 2. The maximum absolute atomic E-state index is 13.6. The molecule has 3 heterocycles. The van der Waals surface area contributed by atoms with Crippen LogP contribution >= 0.6 is 22.9 Å². The van der Waals surface area contributed by atoms with Crippen molar-refractivity contribution in [3.05, 3.63) is 101 Å². The highest BCUT2D eigenvalue weighted by Crippen LogP contribution is 2.27. The molecule has 0 radical (unpaired) electrons. The molecule has 1 saturated heterocycles. The zero-order valence-corrected chi connectivity index (χ0v) is 20.3. The van der Waals surface area contributed by atoms with Crippen molar-refractivity contribution in [1.29, 1.82) is 0 Å². The molecular weight excluding hydrogens is 464 g/mol. The first-order valence-corrected chi connectivity index (χ1v) is 12.6. The lowest BCUT2D eigenvalue weighted by molar-refractivity contribution is 0.0641. The van der Waals surface area contributed by atoms with E-state index in [4.69, 9.17) is 16.7 Å². The standard InChI is InChI=1S/C27H25ClN4OS/c28-22-10-12-23(13-11-22)32-25(20-24(29-32)26-9-5-19-34-26)27(33)31-17-15-30(16-18-31)14-4-8-21-6-2-1-3-7-21/h1-13,19-20H,14-18H2/b8-4+. The summed E-state index contributed by atoms with van der Waals surface area (Å²) in [5.74, 6) is 0.00438. The molecule has 0 saturated carbocycles. The van der Waals surface area contributed by atoms with Crippen LogP contribution in [-0.2, 0) is 0 Å². The number of carbonyl (C=O) groups excluding carboxylic acids is 1. The van der Waals surface area contributed by atoms with Crippen LogP contribution in [0.25, 0.3) is 22.3 Å². The second-order valence-electron chi connectivity index (χ2n) is 8.19. The van der Waals surface area contributed by atoms with E-state index in [2.05, 4.69) is 29.2 Å². The van der Waals surface area contributed by atoms with Gasteiger partial charge in [0.1, 0.15) is 11.4 Å². The summed E-state index contributed by atoms with van der Waals surface area (Å²) in [7, 11) is 0. The lowest BCUT2D eigenvalue weighted by Gasteiger charge is -2.34. The predicted octanol–water partition coefficient (Wildman–Crippen LogP) is 5.73. The average Bonchev–Trinajstić information content (AvgIpc) is 3.56. The Bertz CT molecular complexity index is 1260. The fourth-order valence-corrected chi connectivity index (χ4v) is 4.86. The van der Waals surface area contributed by atoms with Crippen molar-refractivity contribution in [3.63, 3.8) is 0 Å². The van der Waals surface area contributed by atoms with Crippen LogP contribution in [0.3, 0.4) is 0 Å². The van der Waals surface area contributed by atoms with Gasteiger partial charge in [-0.3, -0.25) is 9.69 Å². The number of amides is 1. The molecule has 0 spiro atoms. The monoisotopic (exact) mass is 488 g/mol. The second kappa shape index (κ2) is 10.4. The van der Waals surface area contributed by atoms with E-state index in [0.717, 1.165) is 35.9 Å². The predicted molar refractivity (Wildman–Crippen MR) is 140 cm³/mol. The van der Waals surface area contributed by atoms with Crippen LogP contribution in [0.15, 0.2) is 84.3 Å². The Morgan fingerprint density at radius 2 is 1.74 bits per heavy atom. The molecule has 7 heteroatoms. The van der Waals surface area contributed by atoms with E-state index in [-0.39, 0.29) is 5.91 Å². The van der Waals surface area contributed by atoms with E-state index in [0.29, 0.717) is 23.8 Å². The first-order chi connectivity index (χ1) is 16.7. The SMILES string of the molecule is O=C(c1cc(-c2cccs2)nn1-c1ccc(Cl)cc1)N1CCN(C/C=C/c2ccccc2)CC1. The van der Waals surface area contributed by atoms with Crippen molar-refractivity contribution < 1.29 is 4.79 Å². The zero-order chi connectivity index (χ0) is 23.3. The van der Waals surface area contributed by atoms with E-state index in [1.165, 1.54) is 5.56 Å². The molecule has 1 amide bonds. The third-order valence-electron chi connectivity index (χ3n) is 5.91. The quantitative estimate of drug-likeness (QED) is 0.348. The van der Waals surface area contributed by atoms with E-state index in [1.807, 2.05) is 70.9 Å². The van der Waals surface area contributed by atoms with E-state index in [9.17, 15) is 4.79 Å². The van der Waals surface area contributed by atoms with Gasteiger partial charge in [-0.2, -0.15) is 5.10 Å². The van der Waals surface area contributed by atoms with Gasteiger partial charge in [0, 0.05) is 37.7 Å². The molecule has 5 nitrogen and oxygen atoms in total. The molecule has 5 rings (SSSR count). The van der Waals surface area contributed by atoms with Crippen molar-refractivity contribution in [2.24, 2.45) is 0 Å². The van der Waals surface area contributed by atoms with Crippen LogP contribution in [0.2, 0.25) is 5.02 Å². The van der Waals surface area contributed by atoms with Crippen LogP contribution in [0.5, 0.6) is 0 Å². The van der Waals surface area contributed by atoms with Gasteiger partial charge in [-0.15, -0.1) is 11.3 Å². The largest absolute Gasteiger partial charge is 0.335 e. The molecule has 0 N–H and O–H groups in total. The van der Waals surface area contributed by atoms with Crippen molar-refractivity contribution >= 4 is 34.9 Å². The molecule has 4 aromatic rings. The first kappa shape index (κ1) is 22.6. The maximum atomic E-state index is 13.6. The lowest BCUT2D eigenvalue weighted by Crippen LogP contribution is -2.49. The average molecular weight is 489 g/mol. The van der Waals surface area contributed by atoms with Crippen molar-refractivity contribution in [3.8, 4) is 16.3 Å². The molecule has 2 aromatic heterocycles. The normalized spacial score (nSPS) is 14.7. The summed E-state index contributed by atoms with van der Waals surface area (Å²) in [5.41, 5.74) is 3.40. The summed E-state index contributed by atoms with van der Waals surface area (Å²) in [6.07, 6.45) is 4.34. The van der Waals surface area contributed by atoms with Crippen LogP contribution in [0.4, 0.5) is 0 Å². The molecule has 0 aliphatic carbocycles. The molecule has 1 aliphatic heterocycles. The van der Waals surface area contributed by atoms with Crippen molar-refractivity contribution in [2.75, 3.05) is 32.7 Å². The molecule has 0 atom stereocenters. The Balaban J connectivity index is 1.29. The fraction of sp³-hybridized carbons (Fsp3) is 0.185. The highest BCUT2D eigenvalue weighted by molar-refractivity contribution is 7.13. The smallest absolute Gasteiger partial charge is 0.272 e. The van der Waals surface area contributed by atoms with Gasteiger partial charge in [0.05, 0.1) is 10.6 Å². The lowest BCUT2D eigenvalue weighted by atomic mass is 10.2. The summed E-state index contributed by atoms with van der Waals surface area (Å²) >= 11 is 7.70. The van der Waals surface area contributed by atoms with Gasteiger partial charge in [0.15, 0.2) is 0 Å². The molecule has 1 fully saturated rings. The first-order valence-electron chi connectivity index (χ1n) is 11.3. The Morgan fingerprint density at radius 1 is 0.971 bits per heavy atom. The minimum atomic E-state index is 0.00438. The number of rotatable bonds is 6. The highest BCUT2D eigenvalue weighted by atomic mass is 35.5. The second-order valence-corrected chi connectivity index (χ2v) is 9.57. The van der Waals surface area contributed by atoms with Crippen LogP contribution < -0.4 is 0 Å². The van der Waals surface area contributed by atoms with Crippen LogP contribution in [0.1, 0.15) is 16.1 Å². The summed E-state index contributed by atoms with van der Waals surface area (Å²) in [4.78, 5) is 18.9. The number of hydrogen-bond donors (Lipinski definition) is 0. The van der Waals surface area contributed by atoms with Crippen LogP contribution in [0, 0.1) is 0 Å². The highest BCUT2D eigenvalue weighted by Gasteiger charge is 2.26. The summed E-state index contributed by atoms with van der Waals surface area (Å²) < 4.78 is 1.74. The minimum absolute atomic E-state index is 0.00438. The number of hydrogen-bond acceptors (Lipinski definition) is 4. The Hall–Kier alpha value is -3.19. The van der Waals surface area contributed by atoms with Gasteiger partial charge in [-0.1, -0.05) is 60.2 Å². The molecule has 172 valence electrons. The van der Waals surface area contributed by atoms with Crippen LogP contribution in [-0.4, -0.2) is 58.2 Å². The van der Waals surface area contributed by atoms with E-state index < -0.39 is 0 Å². The van der Waals surface area contributed by atoms with Gasteiger partial charge in [-0.05, 0) is 47.3 Å². The molecule has 0 bridgehead atoms. The van der Waals surface area contributed by atoms with Crippen molar-refractivity contribution in [1.82, 2.24) is 19.6 Å².